The van der Waals surface area contributed by atoms with E-state index in [0.717, 1.165) is 16.7 Å². The number of amides is 1. The van der Waals surface area contributed by atoms with Crippen molar-refractivity contribution in [2.45, 2.75) is 6.54 Å². The Morgan fingerprint density at radius 3 is 2.90 bits per heavy atom. The Morgan fingerprint density at radius 1 is 1.24 bits per heavy atom. The molecule has 3 aromatic rings. The first-order valence-electron chi connectivity index (χ1n) is 6.26. The van der Waals surface area contributed by atoms with Crippen LogP contribution in [0.5, 0.6) is 0 Å². The molecular formula is C15H12N2O4. The second-order valence-corrected chi connectivity index (χ2v) is 4.36. The Balaban J connectivity index is 1.92. The minimum atomic E-state index is -1.09. The number of hydrogen-bond donors (Lipinski definition) is 2. The molecule has 6 nitrogen and oxygen atoms in total. The number of rotatable bonds is 4. The lowest BCUT2D eigenvalue weighted by molar-refractivity contribution is 0.193. The molecule has 0 aliphatic heterocycles. The van der Waals surface area contributed by atoms with Crippen LogP contribution in [0.2, 0.25) is 0 Å². The molecule has 21 heavy (non-hydrogen) atoms. The summed E-state index contributed by atoms with van der Waals surface area (Å²) in [4.78, 5) is 14.6. The normalized spacial score (nSPS) is 10.5. The van der Waals surface area contributed by atoms with Gasteiger partial charge in [0.15, 0.2) is 0 Å². The van der Waals surface area contributed by atoms with Gasteiger partial charge in [0.05, 0.1) is 19.1 Å². The molecule has 0 fully saturated rings. The van der Waals surface area contributed by atoms with E-state index in [-0.39, 0.29) is 6.54 Å². The van der Waals surface area contributed by atoms with E-state index in [1.165, 1.54) is 0 Å². The molecule has 0 atom stereocenters. The smallest absolute Gasteiger partial charge is 0.405 e. The number of nitrogens with one attached hydrogen (secondary N) is 1. The molecule has 106 valence electrons. The quantitative estimate of drug-likeness (QED) is 0.766. The van der Waals surface area contributed by atoms with Crippen molar-refractivity contribution in [3.8, 4) is 22.5 Å². The van der Waals surface area contributed by atoms with E-state index >= 15 is 0 Å². The maximum Gasteiger partial charge on any atom is 0.405 e. The van der Waals surface area contributed by atoms with Crippen molar-refractivity contribution in [2.75, 3.05) is 0 Å². The zero-order valence-electron chi connectivity index (χ0n) is 10.9. The predicted molar refractivity (Wildman–Crippen MR) is 74.5 cm³/mol. The first kappa shape index (κ1) is 13.0. The predicted octanol–water partition coefficient (Wildman–Crippen LogP) is 3.37. The third kappa shape index (κ3) is 2.79. The SMILES string of the molecule is O=C(O)NCc1ccc(-c2cnccc2-c2ccoc2)o1. The van der Waals surface area contributed by atoms with Gasteiger partial charge >= 0.3 is 6.09 Å². The highest BCUT2D eigenvalue weighted by atomic mass is 16.4. The number of nitrogens with zero attached hydrogens (tertiary/aromatic N) is 1. The molecule has 3 aromatic heterocycles. The van der Waals surface area contributed by atoms with Crippen LogP contribution >= 0.6 is 0 Å². The zero-order valence-corrected chi connectivity index (χ0v) is 10.9. The highest BCUT2D eigenvalue weighted by molar-refractivity contribution is 5.80. The molecule has 0 saturated carbocycles. The summed E-state index contributed by atoms with van der Waals surface area (Å²) in [5, 5.41) is 10.9. The van der Waals surface area contributed by atoms with Gasteiger partial charge < -0.3 is 19.3 Å². The maximum atomic E-state index is 10.5. The molecular weight excluding hydrogens is 272 g/mol. The third-order valence-electron chi connectivity index (χ3n) is 2.99. The van der Waals surface area contributed by atoms with Crippen molar-refractivity contribution in [2.24, 2.45) is 0 Å². The average Bonchev–Trinajstić information content (AvgIpc) is 3.17. The Hall–Kier alpha value is -3.02. The number of pyridine rings is 1. The van der Waals surface area contributed by atoms with Crippen molar-refractivity contribution in [3.05, 3.63) is 54.9 Å². The van der Waals surface area contributed by atoms with Gasteiger partial charge in [0.1, 0.15) is 11.5 Å². The average molecular weight is 284 g/mol. The summed E-state index contributed by atoms with van der Waals surface area (Å²) in [5.74, 6) is 1.16. The molecule has 0 bridgehead atoms. The van der Waals surface area contributed by atoms with Crippen molar-refractivity contribution >= 4 is 6.09 Å². The zero-order chi connectivity index (χ0) is 14.7. The van der Waals surface area contributed by atoms with Gasteiger partial charge in [0.25, 0.3) is 0 Å². The van der Waals surface area contributed by atoms with Crippen LogP contribution in [0.3, 0.4) is 0 Å². The van der Waals surface area contributed by atoms with E-state index in [0.29, 0.717) is 11.5 Å². The third-order valence-corrected chi connectivity index (χ3v) is 2.99. The van der Waals surface area contributed by atoms with Crippen molar-refractivity contribution in [1.82, 2.24) is 10.3 Å². The van der Waals surface area contributed by atoms with Crippen molar-refractivity contribution in [3.63, 3.8) is 0 Å². The van der Waals surface area contributed by atoms with Crippen LogP contribution in [0.25, 0.3) is 22.5 Å². The maximum absolute atomic E-state index is 10.5. The fourth-order valence-corrected chi connectivity index (χ4v) is 2.04. The van der Waals surface area contributed by atoms with Crippen LogP contribution in [-0.4, -0.2) is 16.2 Å². The van der Waals surface area contributed by atoms with Gasteiger partial charge in [-0.3, -0.25) is 4.98 Å². The number of carbonyl (C=O) groups is 1. The summed E-state index contributed by atoms with van der Waals surface area (Å²) >= 11 is 0. The molecule has 3 rings (SSSR count). The summed E-state index contributed by atoms with van der Waals surface area (Å²) in [6.07, 6.45) is 5.56. The van der Waals surface area contributed by atoms with Gasteiger partial charge in [-0.1, -0.05) is 0 Å². The molecule has 3 heterocycles. The van der Waals surface area contributed by atoms with Crippen LogP contribution in [0.1, 0.15) is 5.76 Å². The van der Waals surface area contributed by atoms with Gasteiger partial charge in [-0.05, 0) is 29.8 Å². The highest BCUT2D eigenvalue weighted by Gasteiger charge is 2.12. The molecule has 0 aliphatic rings. The van der Waals surface area contributed by atoms with Crippen LogP contribution in [0.15, 0.2) is 58.0 Å². The molecule has 0 aromatic carbocycles. The highest BCUT2D eigenvalue weighted by Crippen LogP contribution is 2.32. The lowest BCUT2D eigenvalue weighted by atomic mass is 10.0. The van der Waals surface area contributed by atoms with E-state index in [9.17, 15) is 4.79 Å². The lowest BCUT2D eigenvalue weighted by Gasteiger charge is -2.04. The molecule has 0 radical (unpaired) electrons. The molecule has 1 amide bonds. The Labute approximate surface area is 120 Å². The van der Waals surface area contributed by atoms with Gasteiger partial charge in [-0.2, -0.15) is 0 Å². The minimum Gasteiger partial charge on any atom is -0.472 e. The van der Waals surface area contributed by atoms with Crippen LogP contribution in [0.4, 0.5) is 4.79 Å². The largest absolute Gasteiger partial charge is 0.472 e. The molecule has 0 saturated heterocycles. The summed E-state index contributed by atoms with van der Waals surface area (Å²) in [6, 6.07) is 7.25. The van der Waals surface area contributed by atoms with Crippen LogP contribution < -0.4 is 5.32 Å². The van der Waals surface area contributed by atoms with E-state index in [2.05, 4.69) is 10.3 Å². The van der Waals surface area contributed by atoms with Crippen LogP contribution in [0, 0.1) is 0 Å². The molecule has 6 heteroatoms. The number of carboxylic acid groups (broad SMARTS) is 1. The lowest BCUT2D eigenvalue weighted by Crippen LogP contribution is -2.19. The van der Waals surface area contributed by atoms with Crippen LogP contribution in [-0.2, 0) is 6.54 Å². The molecule has 2 N–H and O–H groups in total. The first-order chi connectivity index (χ1) is 10.2. The topological polar surface area (TPSA) is 88.5 Å². The molecule has 0 spiro atoms. The fraction of sp³-hybridized carbons (Fsp3) is 0.0667. The Bertz CT molecular complexity index is 747. The van der Waals surface area contributed by atoms with Crippen molar-refractivity contribution < 1.29 is 18.7 Å². The Morgan fingerprint density at radius 2 is 2.14 bits per heavy atom. The fourth-order valence-electron chi connectivity index (χ4n) is 2.04. The van der Waals surface area contributed by atoms with E-state index in [4.69, 9.17) is 13.9 Å². The van der Waals surface area contributed by atoms with E-state index in [1.54, 1.807) is 37.1 Å². The van der Waals surface area contributed by atoms with Gasteiger partial charge in [-0.15, -0.1) is 0 Å². The first-order valence-corrected chi connectivity index (χ1v) is 6.26. The van der Waals surface area contributed by atoms with Gasteiger partial charge in [0, 0.05) is 23.5 Å². The minimum absolute atomic E-state index is 0.122. The molecule has 0 aliphatic carbocycles. The molecule has 0 unspecified atom stereocenters. The monoisotopic (exact) mass is 284 g/mol. The van der Waals surface area contributed by atoms with E-state index in [1.807, 2.05) is 12.1 Å². The summed E-state index contributed by atoms with van der Waals surface area (Å²) in [6.45, 7) is 0.122. The number of furan rings is 2. The standard InChI is InChI=1S/C15H12N2O4/c18-15(19)17-7-11-1-2-14(21-11)13-8-16-5-3-12(13)10-4-6-20-9-10/h1-6,8-9,17H,7H2,(H,18,19). The number of aromatic nitrogens is 1. The number of hydrogen-bond acceptors (Lipinski definition) is 4. The van der Waals surface area contributed by atoms with E-state index < -0.39 is 6.09 Å². The second-order valence-electron chi connectivity index (χ2n) is 4.36. The van der Waals surface area contributed by atoms with Gasteiger partial charge in [0.2, 0.25) is 0 Å². The second kappa shape index (κ2) is 5.54. The summed E-state index contributed by atoms with van der Waals surface area (Å²) in [5.41, 5.74) is 2.68. The Kier molecular flexibility index (Phi) is 3.42. The summed E-state index contributed by atoms with van der Waals surface area (Å²) < 4.78 is 10.8. The van der Waals surface area contributed by atoms with Gasteiger partial charge in [-0.25, -0.2) is 4.79 Å². The van der Waals surface area contributed by atoms with Crippen molar-refractivity contribution in [1.29, 1.82) is 0 Å². The summed E-state index contributed by atoms with van der Waals surface area (Å²) in [7, 11) is 0.